The number of ether oxygens (including phenoxy) is 2. The lowest BCUT2D eigenvalue weighted by Gasteiger charge is -2.45. The van der Waals surface area contributed by atoms with Crippen molar-refractivity contribution in [2.75, 3.05) is 26.8 Å². The summed E-state index contributed by atoms with van der Waals surface area (Å²) in [6.07, 6.45) is 3.01. The number of thiophene rings is 1. The van der Waals surface area contributed by atoms with Crippen molar-refractivity contribution in [1.29, 1.82) is 0 Å². The maximum Gasteiger partial charge on any atom is 0.297 e. The first kappa shape index (κ1) is 22.7. The number of aromatic nitrogens is 2. The molecule has 33 heavy (non-hydrogen) atoms. The molecular weight excluding hydrogens is 475 g/mol. The SMILES string of the molecule is COc1cccc(F)c1-n1cc(CN2CCC3(CC2)OCC(F)(F)c2cc(Cl)sc23)c(C)n1. The zero-order valence-corrected chi connectivity index (χ0v) is 19.8. The molecule has 3 aromatic rings. The zero-order chi connectivity index (χ0) is 23.4. The Labute approximate surface area is 198 Å². The molecule has 0 unspecified atom stereocenters. The van der Waals surface area contributed by atoms with E-state index in [1.54, 1.807) is 12.1 Å². The Balaban J connectivity index is 1.33. The van der Waals surface area contributed by atoms with Gasteiger partial charge in [-0.15, -0.1) is 11.3 Å². The summed E-state index contributed by atoms with van der Waals surface area (Å²) >= 11 is 7.29. The van der Waals surface area contributed by atoms with Crippen LogP contribution in [-0.2, 0) is 22.8 Å². The second-order valence-electron chi connectivity index (χ2n) is 8.53. The molecule has 0 saturated carbocycles. The molecule has 5 rings (SSSR count). The van der Waals surface area contributed by atoms with Crippen molar-refractivity contribution in [3.05, 3.63) is 62.3 Å². The number of fused-ring (bicyclic) bond motifs is 2. The molecule has 2 aliphatic heterocycles. The fourth-order valence-corrected chi connectivity index (χ4v) is 6.16. The molecular formula is C23H23ClF3N3O2S. The maximum absolute atomic E-state index is 14.5. The van der Waals surface area contributed by atoms with Gasteiger partial charge in [-0.2, -0.15) is 13.9 Å². The summed E-state index contributed by atoms with van der Waals surface area (Å²) in [5.74, 6) is -3.03. The van der Waals surface area contributed by atoms with E-state index in [0.29, 0.717) is 47.4 Å². The first-order valence-electron chi connectivity index (χ1n) is 10.6. The van der Waals surface area contributed by atoms with Gasteiger partial charge in [-0.25, -0.2) is 9.07 Å². The van der Waals surface area contributed by atoms with E-state index in [0.717, 1.165) is 11.3 Å². The molecule has 1 aromatic carbocycles. The first-order valence-corrected chi connectivity index (χ1v) is 11.8. The number of para-hydroxylation sites is 1. The normalized spacial score (nSPS) is 19.6. The number of piperidine rings is 1. The molecule has 0 bridgehead atoms. The van der Waals surface area contributed by atoms with E-state index in [4.69, 9.17) is 21.1 Å². The molecule has 176 valence electrons. The zero-order valence-electron chi connectivity index (χ0n) is 18.2. The number of nitrogens with zero attached hydrogens (tertiary/aromatic N) is 3. The van der Waals surface area contributed by atoms with E-state index < -0.39 is 23.9 Å². The quantitative estimate of drug-likeness (QED) is 0.466. The molecule has 0 amide bonds. The predicted molar refractivity (Wildman–Crippen MR) is 120 cm³/mol. The highest BCUT2D eigenvalue weighted by Crippen LogP contribution is 2.52. The molecule has 10 heteroatoms. The van der Waals surface area contributed by atoms with Crippen LogP contribution in [0.1, 0.15) is 34.5 Å². The minimum Gasteiger partial charge on any atom is -0.494 e. The van der Waals surface area contributed by atoms with E-state index in [1.165, 1.54) is 35.3 Å². The van der Waals surface area contributed by atoms with Crippen LogP contribution in [0, 0.1) is 12.7 Å². The minimum atomic E-state index is -3.01. The van der Waals surface area contributed by atoms with Gasteiger partial charge in [-0.1, -0.05) is 17.7 Å². The summed E-state index contributed by atoms with van der Waals surface area (Å²) in [6.45, 7) is 3.23. The average Bonchev–Trinajstić information content (AvgIpc) is 3.36. The summed E-state index contributed by atoms with van der Waals surface area (Å²) in [6, 6.07) is 6.04. The minimum absolute atomic E-state index is 0.00755. The molecule has 0 radical (unpaired) electrons. The highest BCUT2D eigenvalue weighted by Gasteiger charge is 2.51. The van der Waals surface area contributed by atoms with Gasteiger partial charge < -0.3 is 9.47 Å². The van der Waals surface area contributed by atoms with E-state index in [9.17, 15) is 13.2 Å². The van der Waals surface area contributed by atoms with E-state index in [2.05, 4.69) is 10.00 Å². The molecule has 4 heterocycles. The topological polar surface area (TPSA) is 39.5 Å². The summed E-state index contributed by atoms with van der Waals surface area (Å²) in [5.41, 5.74) is 1.32. The van der Waals surface area contributed by atoms with Crippen LogP contribution in [0.5, 0.6) is 5.75 Å². The monoisotopic (exact) mass is 497 g/mol. The van der Waals surface area contributed by atoms with Crippen molar-refractivity contribution >= 4 is 22.9 Å². The lowest BCUT2D eigenvalue weighted by Crippen LogP contribution is -2.48. The molecule has 1 fully saturated rings. The van der Waals surface area contributed by atoms with Crippen molar-refractivity contribution in [1.82, 2.24) is 14.7 Å². The van der Waals surface area contributed by atoms with Crippen LogP contribution in [0.2, 0.25) is 4.34 Å². The largest absolute Gasteiger partial charge is 0.494 e. The maximum atomic E-state index is 14.5. The number of halogens is 4. The molecule has 1 saturated heterocycles. The van der Waals surface area contributed by atoms with Crippen LogP contribution in [0.15, 0.2) is 30.5 Å². The van der Waals surface area contributed by atoms with Gasteiger partial charge in [0.2, 0.25) is 0 Å². The van der Waals surface area contributed by atoms with Crippen molar-refractivity contribution in [2.24, 2.45) is 0 Å². The molecule has 1 spiro atoms. The molecule has 0 atom stereocenters. The summed E-state index contributed by atoms with van der Waals surface area (Å²) in [4.78, 5) is 2.79. The van der Waals surface area contributed by atoms with Crippen molar-refractivity contribution < 1.29 is 22.6 Å². The lowest BCUT2D eigenvalue weighted by atomic mass is 9.84. The Morgan fingerprint density at radius 3 is 2.76 bits per heavy atom. The van der Waals surface area contributed by atoms with Gasteiger partial charge in [0, 0.05) is 41.8 Å². The second-order valence-corrected chi connectivity index (χ2v) is 10.2. The van der Waals surface area contributed by atoms with E-state index in [-0.39, 0.29) is 11.3 Å². The highest BCUT2D eigenvalue weighted by atomic mass is 35.5. The number of alkyl halides is 2. The highest BCUT2D eigenvalue weighted by molar-refractivity contribution is 7.16. The van der Waals surface area contributed by atoms with Gasteiger partial charge >= 0.3 is 0 Å². The number of hydrogen-bond acceptors (Lipinski definition) is 5. The predicted octanol–water partition coefficient (Wildman–Crippen LogP) is 5.66. The standard InChI is InChI=1S/C23H23ClF3N3O2S/c1-14-15(12-30(28-14)20-17(25)4-3-5-18(20)31-2)11-29-8-6-22(7-9-29)21-16(10-19(24)33-21)23(26,27)13-32-22/h3-5,10,12H,6-9,11,13H2,1-2H3. The smallest absolute Gasteiger partial charge is 0.297 e. The Morgan fingerprint density at radius 1 is 1.27 bits per heavy atom. The summed E-state index contributed by atoms with van der Waals surface area (Å²) in [7, 11) is 1.49. The van der Waals surface area contributed by atoms with Crippen LogP contribution in [0.3, 0.4) is 0 Å². The fraction of sp³-hybridized carbons (Fsp3) is 0.435. The fourth-order valence-electron chi connectivity index (χ4n) is 4.68. The summed E-state index contributed by atoms with van der Waals surface area (Å²) in [5, 5.41) is 4.50. The van der Waals surface area contributed by atoms with Crippen LogP contribution in [-0.4, -0.2) is 41.5 Å². The van der Waals surface area contributed by atoms with E-state index in [1.807, 2.05) is 13.1 Å². The Kier molecular flexibility index (Phi) is 5.71. The van der Waals surface area contributed by atoms with Gasteiger partial charge in [0.25, 0.3) is 5.92 Å². The number of benzene rings is 1. The number of aryl methyl sites for hydroxylation is 1. The van der Waals surface area contributed by atoms with E-state index >= 15 is 0 Å². The van der Waals surface area contributed by atoms with Gasteiger partial charge in [-0.3, -0.25) is 4.90 Å². The van der Waals surface area contributed by atoms with Crippen molar-refractivity contribution in [2.45, 2.75) is 37.8 Å². The third kappa shape index (κ3) is 3.95. The number of rotatable bonds is 4. The number of hydrogen-bond donors (Lipinski definition) is 0. The number of likely N-dealkylation sites (tertiary alicyclic amines) is 1. The van der Waals surface area contributed by atoms with Crippen LogP contribution >= 0.6 is 22.9 Å². The van der Waals surface area contributed by atoms with Crippen LogP contribution in [0.25, 0.3) is 5.69 Å². The Hall–Kier alpha value is -2.07. The Morgan fingerprint density at radius 2 is 2.03 bits per heavy atom. The molecule has 0 aliphatic carbocycles. The van der Waals surface area contributed by atoms with Crippen LogP contribution < -0.4 is 4.74 Å². The van der Waals surface area contributed by atoms with Crippen molar-refractivity contribution in [3.63, 3.8) is 0 Å². The van der Waals surface area contributed by atoms with Gasteiger partial charge in [0.05, 0.1) is 17.1 Å². The third-order valence-electron chi connectivity index (χ3n) is 6.50. The average molecular weight is 498 g/mol. The number of methoxy groups -OCH3 is 1. The van der Waals surface area contributed by atoms with Gasteiger partial charge in [0.1, 0.15) is 23.6 Å². The van der Waals surface area contributed by atoms with Gasteiger partial charge in [0.15, 0.2) is 5.82 Å². The summed E-state index contributed by atoms with van der Waals surface area (Å²) < 4.78 is 56.1. The Bertz CT molecular complexity index is 1190. The second kappa shape index (κ2) is 8.30. The molecule has 2 aromatic heterocycles. The lowest BCUT2D eigenvalue weighted by molar-refractivity contribution is -0.182. The molecule has 0 N–H and O–H groups in total. The third-order valence-corrected chi connectivity index (χ3v) is 7.95. The first-order chi connectivity index (χ1) is 15.7. The molecule has 2 aliphatic rings. The molecule has 5 nitrogen and oxygen atoms in total. The van der Waals surface area contributed by atoms with Crippen LogP contribution in [0.4, 0.5) is 13.2 Å². The van der Waals surface area contributed by atoms with Gasteiger partial charge in [-0.05, 0) is 38.0 Å². The van der Waals surface area contributed by atoms with Crippen molar-refractivity contribution in [3.8, 4) is 11.4 Å².